The molecule has 0 unspecified atom stereocenters. The maximum absolute atomic E-state index is 12.5. The van der Waals surface area contributed by atoms with Gasteiger partial charge in [-0.3, -0.25) is 4.79 Å². The smallest absolute Gasteiger partial charge is 0.246 e. The van der Waals surface area contributed by atoms with Gasteiger partial charge in [-0.05, 0) is 32.9 Å². The van der Waals surface area contributed by atoms with Gasteiger partial charge in [0.25, 0.3) is 0 Å². The van der Waals surface area contributed by atoms with Crippen molar-refractivity contribution in [3.05, 3.63) is 42.4 Å². The number of sulfonamides is 1. The lowest BCUT2D eigenvalue weighted by Gasteiger charge is -2.14. The summed E-state index contributed by atoms with van der Waals surface area (Å²) >= 11 is 0. The minimum absolute atomic E-state index is 0.0685. The van der Waals surface area contributed by atoms with Crippen molar-refractivity contribution in [3.8, 4) is 5.82 Å². The van der Waals surface area contributed by atoms with Crippen molar-refractivity contribution in [1.82, 2.24) is 29.6 Å². The Bertz CT molecular complexity index is 1020. The summed E-state index contributed by atoms with van der Waals surface area (Å²) in [4.78, 5) is 20.2. The number of aryl methyl sites for hydroxylation is 2. The lowest BCUT2D eigenvalue weighted by molar-refractivity contribution is -0.117. The lowest BCUT2D eigenvalue weighted by atomic mass is 10.3. The number of amides is 1. The van der Waals surface area contributed by atoms with Gasteiger partial charge in [-0.15, -0.1) is 0 Å². The van der Waals surface area contributed by atoms with Crippen molar-refractivity contribution in [2.45, 2.75) is 31.7 Å². The number of nitrogens with one attached hydrogen (secondary N) is 2. The molecule has 3 heterocycles. The van der Waals surface area contributed by atoms with Gasteiger partial charge in [0.1, 0.15) is 23.2 Å². The van der Waals surface area contributed by atoms with Crippen molar-refractivity contribution in [3.63, 3.8) is 0 Å². The van der Waals surface area contributed by atoms with Gasteiger partial charge in [-0.25, -0.2) is 23.1 Å². The Balaban J connectivity index is 1.67. The maximum atomic E-state index is 12.5. The molecule has 142 valence electrons. The molecular weight excluding hydrogens is 374 g/mol. The van der Waals surface area contributed by atoms with Crippen LogP contribution in [0.5, 0.6) is 0 Å². The van der Waals surface area contributed by atoms with Gasteiger partial charge >= 0.3 is 0 Å². The SMILES string of the molecule is Cc1noc(C)c1S(=O)(=O)N[C@@H](C)C(=O)Nc1ccc(-n2cncn2)nc1. The number of hydrogen-bond acceptors (Lipinski definition) is 8. The van der Waals surface area contributed by atoms with E-state index in [0.717, 1.165) is 0 Å². The monoisotopic (exact) mass is 391 g/mol. The van der Waals surface area contributed by atoms with Gasteiger partial charge in [-0.1, -0.05) is 5.16 Å². The average molecular weight is 391 g/mol. The van der Waals surface area contributed by atoms with E-state index in [1.165, 1.54) is 44.3 Å². The fourth-order valence-electron chi connectivity index (χ4n) is 2.38. The molecule has 0 spiro atoms. The first-order valence-electron chi connectivity index (χ1n) is 7.85. The van der Waals surface area contributed by atoms with Crippen LogP contribution >= 0.6 is 0 Å². The van der Waals surface area contributed by atoms with E-state index in [-0.39, 0.29) is 16.3 Å². The minimum atomic E-state index is -3.95. The standard InChI is InChI=1S/C15H17N7O4S/c1-9-14(11(3)26-20-9)27(24,25)21-10(2)15(23)19-12-4-5-13(17-6-12)22-8-16-7-18-22/h4-8,10,21H,1-3H3,(H,19,23)/t10-/m0/s1. The molecule has 3 rings (SSSR count). The van der Waals surface area contributed by atoms with Gasteiger partial charge in [-0.2, -0.15) is 9.82 Å². The molecule has 0 aliphatic heterocycles. The highest BCUT2D eigenvalue weighted by Crippen LogP contribution is 2.19. The van der Waals surface area contributed by atoms with Crippen LogP contribution in [0.25, 0.3) is 5.82 Å². The first-order chi connectivity index (χ1) is 12.8. The highest BCUT2D eigenvalue weighted by Gasteiger charge is 2.28. The Hall–Kier alpha value is -3.12. The number of hydrogen-bond donors (Lipinski definition) is 2. The molecule has 1 atom stereocenters. The first-order valence-corrected chi connectivity index (χ1v) is 9.33. The van der Waals surface area contributed by atoms with Crippen LogP contribution in [-0.4, -0.2) is 45.3 Å². The van der Waals surface area contributed by atoms with Crippen LogP contribution in [0.15, 0.2) is 40.4 Å². The molecular formula is C15H17N7O4S. The van der Waals surface area contributed by atoms with Crippen LogP contribution in [0, 0.1) is 13.8 Å². The molecule has 2 N–H and O–H groups in total. The van der Waals surface area contributed by atoms with Gasteiger partial charge in [0.2, 0.25) is 15.9 Å². The van der Waals surface area contributed by atoms with Gasteiger partial charge < -0.3 is 9.84 Å². The summed E-state index contributed by atoms with van der Waals surface area (Å²) in [6, 6.07) is 2.24. The third kappa shape index (κ3) is 4.01. The van der Waals surface area contributed by atoms with Crippen LogP contribution < -0.4 is 10.0 Å². The molecule has 1 amide bonds. The first kappa shape index (κ1) is 18.7. The molecule has 0 aliphatic carbocycles. The topological polar surface area (TPSA) is 145 Å². The normalized spacial score (nSPS) is 12.7. The summed E-state index contributed by atoms with van der Waals surface area (Å²) in [5.41, 5.74) is 0.632. The molecule has 0 aliphatic rings. The van der Waals surface area contributed by atoms with E-state index in [2.05, 4.69) is 30.3 Å². The van der Waals surface area contributed by atoms with Crippen LogP contribution in [0.1, 0.15) is 18.4 Å². The quantitative estimate of drug-likeness (QED) is 0.620. The maximum Gasteiger partial charge on any atom is 0.246 e. The molecule has 0 aromatic carbocycles. The van der Waals surface area contributed by atoms with E-state index in [4.69, 9.17) is 4.52 Å². The van der Waals surface area contributed by atoms with Crippen molar-refractivity contribution in [2.24, 2.45) is 0 Å². The fourth-order valence-corrected chi connectivity index (χ4v) is 3.91. The summed E-state index contributed by atoms with van der Waals surface area (Å²) in [5, 5.41) is 10.2. The Kier molecular flexibility index (Phi) is 5.01. The second kappa shape index (κ2) is 7.25. The van der Waals surface area contributed by atoms with E-state index in [1.54, 1.807) is 12.1 Å². The summed E-state index contributed by atoms with van der Waals surface area (Å²) in [6.07, 6.45) is 4.31. The number of carbonyl (C=O) groups is 1. The van der Waals surface area contributed by atoms with Crippen LogP contribution in [0.4, 0.5) is 5.69 Å². The summed E-state index contributed by atoms with van der Waals surface area (Å²) in [7, 11) is -3.95. The third-order valence-corrected chi connectivity index (χ3v) is 5.41. The Morgan fingerprint density at radius 2 is 2.07 bits per heavy atom. The van der Waals surface area contributed by atoms with Gasteiger partial charge in [0.05, 0.1) is 17.9 Å². The predicted molar refractivity (Wildman–Crippen MR) is 93.5 cm³/mol. The predicted octanol–water partition coefficient (Wildman–Crippen LogP) is 0.573. The Morgan fingerprint density at radius 1 is 1.30 bits per heavy atom. The average Bonchev–Trinajstić information content (AvgIpc) is 3.25. The molecule has 3 aromatic rings. The lowest BCUT2D eigenvalue weighted by Crippen LogP contribution is -2.41. The number of pyridine rings is 1. The van der Waals surface area contributed by atoms with Gasteiger partial charge in [0.15, 0.2) is 11.6 Å². The highest BCUT2D eigenvalue weighted by molar-refractivity contribution is 7.89. The number of rotatable bonds is 6. The van der Waals surface area contributed by atoms with E-state index in [9.17, 15) is 13.2 Å². The molecule has 0 bridgehead atoms. The molecule has 3 aromatic heterocycles. The van der Waals surface area contributed by atoms with Crippen LogP contribution in [-0.2, 0) is 14.8 Å². The van der Waals surface area contributed by atoms with Crippen molar-refractivity contribution < 1.29 is 17.7 Å². The highest BCUT2D eigenvalue weighted by atomic mass is 32.2. The zero-order valence-corrected chi connectivity index (χ0v) is 15.6. The number of aromatic nitrogens is 5. The van der Waals surface area contributed by atoms with Crippen LogP contribution in [0.3, 0.4) is 0 Å². The van der Waals surface area contributed by atoms with Crippen LogP contribution in [0.2, 0.25) is 0 Å². The molecule has 12 heteroatoms. The van der Waals surface area contributed by atoms with Crippen molar-refractivity contribution in [2.75, 3.05) is 5.32 Å². The summed E-state index contributed by atoms with van der Waals surface area (Å²) in [5.74, 6) is 0.138. The molecule has 0 radical (unpaired) electrons. The number of carbonyl (C=O) groups excluding carboxylic acids is 1. The number of nitrogens with zero attached hydrogens (tertiary/aromatic N) is 5. The second-order valence-electron chi connectivity index (χ2n) is 5.73. The molecule has 0 saturated carbocycles. The molecule has 11 nitrogen and oxygen atoms in total. The Labute approximate surface area is 154 Å². The molecule has 0 fully saturated rings. The Morgan fingerprint density at radius 3 is 2.63 bits per heavy atom. The second-order valence-corrected chi connectivity index (χ2v) is 7.38. The van der Waals surface area contributed by atoms with E-state index in [0.29, 0.717) is 11.5 Å². The van der Waals surface area contributed by atoms with Crippen molar-refractivity contribution >= 4 is 21.6 Å². The van der Waals surface area contributed by atoms with Crippen molar-refractivity contribution in [1.29, 1.82) is 0 Å². The third-order valence-electron chi connectivity index (χ3n) is 3.63. The zero-order chi connectivity index (χ0) is 19.6. The zero-order valence-electron chi connectivity index (χ0n) is 14.7. The molecule has 27 heavy (non-hydrogen) atoms. The minimum Gasteiger partial charge on any atom is -0.360 e. The van der Waals surface area contributed by atoms with E-state index >= 15 is 0 Å². The largest absolute Gasteiger partial charge is 0.360 e. The summed E-state index contributed by atoms with van der Waals surface area (Å²) < 4.78 is 33.6. The van der Waals surface area contributed by atoms with Gasteiger partial charge in [0, 0.05) is 0 Å². The fraction of sp³-hybridized carbons (Fsp3) is 0.267. The molecule has 0 saturated heterocycles. The number of anilines is 1. The summed E-state index contributed by atoms with van der Waals surface area (Å²) in [6.45, 7) is 4.43. The van der Waals surface area contributed by atoms with E-state index < -0.39 is 22.0 Å². The van der Waals surface area contributed by atoms with E-state index in [1.807, 2.05) is 0 Å².